The summed E-state index contributed by atoms with van der Waals surface area (Å²) in [5.74, 6) is -1.49. The molecule has 0 bridgehead atoms. The Balaban J connectivity index is 0.00000194. The molecule has 190 valence electrons. The van der Waals surface area contributed by atoms with Crippen LogP contribution >= 0.6 is 0 Å². The molecule has 3 atom stereocenters. The molecular formula is C23H31N5O7. The van der Waals surface area contributed by atoms with Gasteiger partial charge in [0.15, 0.2) is 0 Å². The monoisotopic (exact) mass is 489 g/mol. The molecule has 12 heteroatoms. The lowest BCUT2D eigenvalue weighted by atomic mass is 10.0. The summed E-state index contributed by atoms with van der Waals surface area (Å²) >= 11 is 0. The van der Waals surface area contributed by atoms with Gasteiger partial charge < -0.3 is 26.4 Å². The standard InChI is InChI=1S/C22H29N5O5.CH2O2/c1-12(2)19(26-20(28)13(3)23-5)22(30)24-14(4)21(29)25-17-10-11-18(27(31)32)16-9-7-6-8-15(16)17;2-1-3/h6-14,19,23H,1-5H3,(H,24,30)(H,25,29)(H,26,28);1H,(H,2,3)/t13-,14-,19-;/m0./s1. The SMILES string of the molecule is CN[C@@H](C)C(=O)N[C@H](C(=O)N[C@@H](C)C(=O)Nc1ccc([N+](=O)[O-])c2ccccc12)C(C)C.O=CO. The molecule has 0 radical (unpaired) electrons. The Morgan fingerprint density at radius 1 is 0.914 bits per heavy atom. The van der Waals surface area contributed by atoms with Gasteiger partial charge in [0.2, 0.25) is 17.7 Å². The summed E-state index contributed by atoms with van der Waals surface area (Å²) < 4.78 is 0. The van der Waals surface area contributed by atoms with Gasteiger partial charge in [-0.2, -0.15) is 0 Å². The minimum atomic E-state index is -0.906. The molecule has 0 aromatic heterocycles. The fourth-order valence-corrected chi connectivity index (χ4v) is 3.11. The third-order valence-corrected chi connectivity index (χ3v) is 5.18. The molecule has 3 amide bonds. The maximum Gasteiger partial charge on any atom is 0.290 e. The number of benzene rings is 2. The Labute approximate surface area is 202 Å². The molecule has 5 N–H and O–H groups in total. The van der Waals surface area contributed by atoms with Crippen molar-refractivity contribution < 1.29 is 29.2 Å². The van der Waals surface area contributed by atoms with Gasteiger partial charge in [0.1, 0.15) is 12.1 Å². The lowest BCUT2D eigenvalue weighted by Gasteiger charge is -2.25. The molecule has 0 fully saturated rings. The number of carbonyl (C=O) groups is 4. The van der Waals surface area contributed by atoms with Gasteiger partial charge in [-0.05, 0) is 38.9 Å². The van der Waals surface area contributed by atoms with Crippen LogP contribution in [0.2, 0.25) is 0 Å². The second kappa shape index (κ2) is 13.6. The number of carbonyl (C=O) groups excluding carboxylic acids is 3. The lowest BCUT2D eigenvalue weighted by Crippen LogP contribution is -2.56. The van der Waals surface area contributed by atoms with Crippen LogP contribution in [0.5, 0.6) is 0 Å². The van der Waals surface area contributed by atoms with Gasteiger partial charge in [-0.3, -0.25) is 29.3 Å². The van der Waals surface area contributed by atoms with Gasteiger partial charge in [0.25, 0.3) is 12.2 Å². The zero-order chi connectivity index (χ0) is 26.7. The molecule has 0 spiro atoms. The molecule has 0 unspecified atom stereocenters. The second-order valence-corrected chi connectivity index (χ2v) is 8.00. The van der Waals surface area contributed by atoms with Gasteiger partial charge in [-0.1, -0.05) is 32.0 Å². The van der Waals surface area contributed by atoms with Gasteiger partial charge in [-0.15, -0.1) is 0 Å². The van der Waals surface area contributed by atoms with Crippen molar-refractivity contribution in [1.29, 1.82) is 0 Å². The van der Waals surface area contributed by atoms with E-state index in [0.29, 0.717) is 16.5 Å². The summed E-state index contributed by atoms with van der Waals surface area (Å²) in [5.41, 5.74) is 0.333. The fourth-order valence-electron chi connectivity index (χ4n) is 3.11. The summed E-state index contributed by atoms with van der Waals surface area (Å²) in [5, 5.41) is 29.9. The van der Waals surface area contributed by atoms with E-state index >= 15 is 0 Å². The van der Waals surface area contributed by atoms with E-state index in [1.165, 1.54) is 19.1 Å². The largest absolute Gasteiger partial charge is 0.483 e. The fraction of sp³-hybridized carbons (Fsp3) is 0.391. The molecule has 2 aromatic rings. The number of nitro groups is 1. The normalized spacial score (nSPS) is 13.0. The van der Waals surface area contributed by atoms with E-state index in [2.05, 4.69) is 21.3 Å². The number of hydrogen-bond acceptors (Lipinski definition) is 7. The highest BCUT2D eigenvalue weighted by atomic mass is 16.6. The highest BCUT2D eigenvalue weighted by molar-refractivity contribution is 6.07. The zero-order valence-corrected chi connectivity index (χ0v) is 20.2. The predicted octanol–water partition coefficient (Wildman–Crippen LogP) is 1.64. The molecule has 0 aliphatic carbocycles. The highest BCUT2D eigenvalue weighted by Gasteiger charge is 2.28. The third kappa shape index (κ3) is 8.03. The van der Waals surface area contributed by atoms with Crippen LogP contribution in [0.15, 0.2) is 36.4 Å². The number of anilines is 1. The minimum absolute atomic E-state index is 0.0636. The summed E-state index contributed by atoms with van der Waals surface area (Å²) in [6.45, 7) is 6.54. The van der Waals surface area contributed by atoms with Crippen molar-refractivity contribution in [2.45, 2.75) is 45.8 Å². The minimum Gasteiger partial charge on any atom is -0.483 e. The average molecular weight is 490 g/mol. The van der Waals surface area contributed by atoms with E-state index in [9.17, 15) is 24.5 Å². The number of nitrogens with zero attached hydrogens (tertiary/aromatic N) is 1. The quantitative estimate of drug-likeness (QED) is 0.200. The molecule has 0 heterocycles. The molecule has 0 aliphatic rings. The van der Waals surface area contributed by atoms with Gasteiger partial charge in [0, 0.05) is 17.1 Å². The Hall–Kier alpha value is -4.06. The summed E-state index contributed by atoms with van der Waals surface area (Å²) in [6, 6.07) is 7.28. The number of amides is 3. The molecule has 0 saturated heterocycles. The number of nitrogens with one attached hydrogen (secondary N) is 4. The van der Waals surface area contributed by atoms with E-state index in [1.807, 2.05) is 0 Å². The first-order chi connectivity index (χ1) is 16.5. The van der Waals surface area contributed by atoms with Crippen molar-refractivity contribution in [3.05, 3.63) is 46.5 Å². The Bertz CT molecular complexity index is 1070. The van der Waals surface area contributed by atoms with Crippen molar-refractivity contribution >= 4 is 46.3 Å². The maximum atomic E-state index is 12.7. The molecule has 12 nitrogen and oxygen atoms in total. The van der Waals surface area contributed by atoms with E-state index < -0.39 is 34.9 Å². The number of hydrogen-bond donors (Lipinski definition) is 5. The van der Waals surface area contributed by atoms with Crippen molar-refractivity contribution in [2.75, 3.05) is 12.4 Å². The van der Waals surface area contributed by atoms with E-state index in [-0.39, 0.29) is 24.0 Å². The Morgan fingerprint density at radius 3 is 2.00 bits per heavy atom. The highest BCUT2D eigenvalue weighted by Crippen LogP contribution is 2.31. The van der Waals surface area contributed by atoms with Gasteiger partial charge in [0.05, 0.1) is 16.4 Å². The number of likely N-dealkylation sites (N-methyl/N-ethyl adjacent to an activating group) is 1. The Kier molecular flexibility index (Phi) is 11.3. The number of rotatable bonds is 9. The van der Waals surface area contributed by atoms with E-state index in [1.54, 1.807) is 52.1 Å². The van der Waals surface area contributed by atoms with Crippen molar-refractivity contribution in [3.63, 3.8) is 0 Å². The maximum absolute atomic E-state index is 12.7. The van der Waals surface area contributed by atoms with Crippen molar-refractivity contribution in [3.8, 4) is 0 Å². The van der Waals surface area contributed by atoms with E-state index in [0.717, 1.165) is 0 Å². The number of nitro benzene ring substituents is 1. The first kappa shape index (κ1) is 29.0. The van der Waals surface area contributed by atoms with Crippen LogP contribution in [0.4, 0.5) is 11.4 Å². The van der Waals surface area contributed by atoms with Crippen molar-refractivity contribution in [1.82, 2.24) is 16.0 Å². The number of non-ortho nitro benzene ring substituents is 1. The topological polar surface area (TPSA) is 180 Å². The molecule has 2 rings (SSSR count). The van der Waals surface area contributed by atoms with Gasteiger partial charge >= 0.3 is 0 Å². The Morgan fingerprint density at radius 2 is 1.49 bits per heavy atom. The smallest absolute Gasteiger partial charge is 0.290 e. The van der Waals surface area contributed by atoms with Crippen LogP contribution in [0, 0.1) is 16.0 Å². The molecular weight excluding hydrogens is 458 g/mol. The van der Waals surface area contributed by atoms with Crippen LogP contribution in [0.25, 0.3) is 10.8 Å². The van der Waals surface area contributed by atoms with Crippen LogP contribution in [-0.2, 0) is 19.2 Å². The van der Waals surface area contributed by atoms with Crippen LogP contribution in [0.3, 0.4) is 0 Å². The predicted molar refractivity (Wildman–Crippen MR) is 131 cm³/mol. The zero-order valence-electron chi connectivity index (χ0n) is 20.2. The van der Waals surface area contributed by atoms with Crippen LogP contribution in [0.1, 0.15) is 27.7 Å². The molecule has 0 aliphatic heterocycles. The lowest BCUT2D eigenvalue weighted by molar-refractivity contribution is -0.383. The van der Waals surface area contributed by atoms with Crippen LogP contribution in [-0.4, -0.2) is 59.4 Å². The van der Waals surface area contributed by atoms with Crippen LogP contribution < -0.4 is 21.3 Å². The first-order valence-electron chi connectivity index (χ1n) is 10.8. The summed E-state index contributed by atoms with van der Waals surface area (Å²) in [4.78, 5) is 56.8. The molecule has 2 aromatic carbocycles. The molecule has 35 heavy (non-hydrogen) atoms. The third-order valence-electron chi connectivity index (χ3n) is 5.18. The van der Waals surface area contributed by atoms with Gasteiger partial charge in [-0.25, -0.2) is 0 Å². The van der Waals surface area contributed by atoms with Crippen molar-refractivity contribution in [2.24, 2.45) is 5.92 Å². The number of carboxylic acid groups (broad SMARTS) is 1. The number of fused-ring (bicyclic) bond motifs is 1. The molecule has 0 saturated carbocycles. The van der Waals surface area contributed by atoms with E-state index in [4.69, 9.17) is 9.90 Å². The average Bonchev–Trinajstić information content (AvgIpc) is 2.81. The summed E-state index contributed by atoms with van der Waals surface area (Å²) in [6.07, 6.45) is 0. The summed E-state index contributed by atoms with van der Waals surface area (Å²) in [7, 11) is 1.64. The second-order valence-electron chi connectivity index (χ2n) is 8.00. The first-order valence-corrected chi connectivity index (χ1v) is 10.8.